The zero-order valence-corrected chi connectivity index (χ0v) is 18.9. The molecule has 1 atom stereocenters. The Morgan fingerprint density at radius 2 is 1.88 bits per heavy atom. The summed E-state index contributed by atoms with van der Waals surface area (Å²) in [5, 5.41) is 2.09. The van der Waals surface area contributed by atoms with E-state index in [2.05, 4.69) is 23.2 Å². The van der Waals surface area contributed by atoms with Gasteiger partial charge in [-0.1, -0.05) is 56.4 Å². The zero-order chi connectivity index (χ0) is 22.4. The Bertz CT molecular complexity index is 1300. The van der Waals surface area contributed by atoms with Gasteiger partial charge in [-0.05, 0) is 54.5 Å². The first-order valence-corrected chi connectivity index (χ1v) is 12.3. The smallest absolute Gasteiger partial charge is 0.258 e. The van der Waals surface area contributed by atoms with Gasteiger partial charge in [-0.25, -0.2) is 4.98 Å². The van der Waals surface area contributed by atoms with Crippen molar-refractivity contribution in [1.82, 2.24) is 9.97 Å². The summed E-state index contributed by atoms with van der Waals surface area (Å²) >= 11 is 0. The van der Waals surface area contributed by atoms with Crippen LogP contribution in [0.1, 0.15) is 55.3 Å². The van der Waals surface area contributed by atoms with Gasteiger partial charge in [-0.3, -0.25) is 4.79 Å². The molecule has 5 nitrogen and oxygen atoms in total. The summed E-state index contributed by atoms with van der Waals surface area (Å²) in [5.41, 5.74) is 11.2. The van der Waals surface area contributed by atoms with Crippen LogP contribution in [0.15, 0.2) is 54.6 Å². The standard InChI is InChI=1S/C28H30N4O/c29-19(7-2-1-6-18-12-13-18)16-17-32-25-15-14-21(20-8-5-9-22(26(20)25)28(32)33)27-30-23-10-3-4-11-24(23)31-27/h3-5,8-11,14-15,18-19H,1-2,6-7,12-13,16-17,29H2,(H,30,31). The van der Waals surface area contributed by atoms with Crippen LogP contribution in [0, 0.1) is 5.92 Å². The Labute approximate surface area is 194 Å². The first-order valence-electron chi connectivity index (χ1n) is 12.3. The number of fused-ring (bicyclic) bond motifs is 1. The maximum Gasteiger partial charge on any atom is 0.258 e. The summed E-state index contributed by atoms with van der Waals surface area (Å²) in [6.45, 7) is 0.663. The van der Waals surface area contributed by atoms with E-state index >= 15 is 0 Å². The molecular formula is C28H30N4O. The number of hydrogen-bond acceptors (Lipinski definition) is 3. The molecule has 5 heteroatoms. The van der Waals surface area contributed by atoms with Crippen molar-refractivity contribution in [2.75, 3.05) is 11.4 Å². The molecule has 4 aromatic rings. The van der Waals surface area contributed by atoms with E-state index in [0.29, 0.717) is 6.54 Å². The third kappa shape index (κ3) is 3.80. The molecule has 2 aliphatic rings. The molecule has 0 spiro atoms. The van der Waals surface area contributed by atoms with E-state index in [1.165, 1.54) is 32.1 Å². The van der Waals surface area contributed by atoms with E-state index in [1.54, 1.807) is 0 Å². The van der Waals surface area contributed by atoms with Crippen molar-refractivity contribution in [2.24, 2.45) is 11.7 Å². The number of aromatic amines is 1. The summed E-state index contributed by atoms with van der Waals surface area (Å²) in [5.74, 6) is 1.91. The highest BCUT2D eigenvalue weighted by atomic mass is 16.2. The van der Waals surface area contributed by atoms with Crippen molar-refractivity contribution >= 4 is 33.4 Å². The zero-order valence-electron chi connectivity index (χ0n) is 18.9. The number of rotatable bonds is 9. The average Bonchev–Trinajstić information content (AvgIpc) is 3.49. The third-order valence-electron chi connectivity index (χ3n) is 7.29. The van der Waals surface area contributed by atoms with E-state index in [-0.39, 0.29) is 11.9 Å². The van der Waals surface area contributed by atoms with Gasteiger partial charge in [0.25, 0.3) is 5.91 Å². The molecule has 0 bridgehead atoms. The molecule has 1 aliphatic carbocycles. The molecule has 3 aromatic carbocycles. The number of amides is 1. The Kier molecular flexibility index (Phi) is 5.14. The van der Waals surface area contributed by atoms with Crippen LogP contribution in [0.2, 0.25) is 0 Å². The highest BCUT2D eigenvalue weighted by Crippen LogP contribution is 2.41. The van der Waals surface area contributed by atoms with Crippen molar-refractivity contribution in [3.63, 3.8) is 0 Å². The van der Waals surface area contributed by atoms with Crippen LogP contribution in [0.3, 0.4) is 0 Å². The quantitative estimate of drug-likeness (QED) is 0.313. The van der Waals surface area contributed by atoms with Crippen LogP contribution < -0.4 is 10.6 Å². The van der Waals surface area contributed by atoms with Gasteiger partial charge in [0.15, 0.2) is 0 Å². The van der Waals surface area contributed by atoms with Gasteiger partial charge in [0.05, 0.1) is 16.7 Å². The monoisotopic (exact) mass is 438 g/mol. The second-order valence-electron chi connectivity index (χ2n) is 9.70. The predicted molar refractivity (Wildman–Crippen MR) is 134 cm³/mol. The third-order valence-corrected chi connectivity index (χ3v) is 7.29. The number of H-pyrrole nitrogens is 1. The average molecular weight is 439 g/mol. The summed E-state index contributed by atoms with van der Waals surface area (Å²) in [4.78, 5) is 23.4. The highest BCUT2D eigenvalue weighted by molar-refractivity contribution is 6.26. The number of anilines is 1. The molecule has 1 saturated carbocycles. The van der Waals surface area contributed by atoms with Gasteiger partial charge in [-0.2, -0.15) is 0 Å². The molecule has 0 saturated heterocycles. The van der Waals surface area contributed by atoms with E-state index in [0.717, 1.165) is 63.2 Å². The Hall–Kier alpha value is -3.18. The lowest BCUT2D eigenvalue weighted by atomic mass is 10.00. The molecule has 1 fully saturated rings. The van der Waals surface area contributed by atoms with Crippen LogP contribution in [0.5, 0.6) is 0 Å². The van der Waals surface area contributed by atoms with E-state index in [1.807, 2.05) is 41.3 Å². The number of unbranched alkanes of at least 4 members (excludes halogenated alkanes) is 1. The Morgan fingerprint density at radius 1 is 1.00 bits per heavy atom. The van der Waals surface area contributed by atoms with Gasteiger partial charge < -0.3 is 15.6 Å². The molecule has 1 unspecified atom stereocenters. The summed E-state index contributed by atoms with van der Waals surface area (Å²) < 4.78 is 0. The Morgan fingerprint density at radius 3 is 2.73 bits per heavy atom. The van der Waals surface area contributed by atoms with Crippen LogP contribution in [-0.2, 0) is 0 Å². The number of nitrogens with zero attached hydrogens (tertiary/aromatic N) is 2. The van der Waals surface area contributed by atoms with E-state index in [4.69, 9.17) is 10.7 Å². The van der Waals surface area contributed by atoms with Crippen LogP contribution in [-0.4, -0.2) is 28.5 Å². The number of para-hydroxylation sites is 2. The van der Waals surface area contributed by atoms with E-state index in [9.17, 15) is 4.79 Å². The SMILES string of the molecule is NC(CCCCC1CC1)CCN1C(=O)c2cccc3c(-c4nc5ccccc5[nH]4)ccc1c23. The number of aromatic nitrogens is 2. The van der Waals surface area contributed by atoms with Crippen molar-refractivity contribution < 1.29 is 4.79 Å². The number of nitrogens with two attached hydrogens (primary N) is 1. The number of carbonyl (C=O) groups is 1. The van der Waals surface area contributed by atoms with Crippen molar-refractivity contribution in [1.29, 1.82) is 0 Å². The normalized spacial score (nSPS) is 16.3. The highest BCUT2D eigenvalue weighted by Gasteiger charge is 2.31. The molecular weight excluding hydrogens is 408 g/mol. The van der Waals surface area contributed by atoms with Gasteiger partial charge in [0.1, 0.15) is 5.82 Å². The molecule has 0 radical (unpaired) electrons. The fraction of sp³-hybridized carbons (Fsp3) is 0.357. The lowest BCUT2D eigenvalue weighted by Crippen LogP contribution is -2.32. The molecule has 1 amide bonds. The van der Waals surface area contributed by atoms with Gasteiger partial charge in [-0.15, -0.1) is 0 Å². The summed E-state index contributed by atoms with van der Waals surface area (Å²) in [6.07, 6.45) is 8.57. The van der Waals surface area contributed by atoms with Gasteiger partial charge in [0, 0.05) is 29.1 Å². The first kappa shape index (κ1) is 20.4. The topological polar surface area (TPSA) is 75.0 Å². The number of hydrogen-bond donors (Lipinski definition) is 2. The first-order chi connectivity index (χ1) is 16.2. The minimum Gasteiger partial charge on any atom is -0.338 e. The maximum absolute atomic E-state index is 13.3. The van der Waals surface area contributed by atoms with Crippen LogP contribution in [0.25, 0.3) is 33.2 Å². The maximum atomic E-state index is 13.3. The minimum atomic E-state index is 0.0817. The van der Waals surface area contributed by atoms with Gasteiger partial charge in [0.2, 0.25) is 0 Å². The fourth-order valence-electron chi connectivity index (χ4n) is 5.24. The molecule has 168 valence electrons. The molecule has 3 N–H and O–H groups in total. The van der Waals surface area contributed by atoms with Crippen LogP contribution in [0.4, 0.5) is 5.69 Å². The molecule has 2 heterocycles. The molecule has 33 heavy (non-hydrogen) atoms. The number of carbonyl (C=O) groups excluding carboxylic acids is 1. The second-order valence-corrected chi connectivity index (χ2v) is 9.70. The molecule has 6 rings (SSSR count). The minimum absolute atomic E-state index is 0.0817. The van der Waals surface area contributed by atoms with Gasteiger partial charge >= 0.3 is 0 Å². The largest absolute Gasteiger partial charge is 0.338 e. The summed E-state index contributed by atoms with van der Waals surface area (Å²) in [7, 11) is 0. The van der Waals surface area contributed by atoms with Crippen molar-refractivity contribution in [3.05, 3.63) is 60.2 Å². The predicted octanol–water partition coefficient (Wildman–Crippen LogP) is 6.03. The van der Waals surface area contributed by atoms with Crippen LogP contribution >= 0.6 is 0 Å². The lowest BCUT2D eigenvalue weighted by molar-refractivity contribution is 0.0992. The fourth-order valence-corrected chi connectivity index (χ4v) is 5.24. The molecule has 1 aromatic heterocycles. The Balaban J connectivity index is 1.23. The summed E-state index contributed by atoms with van der Waals surface area (Å²) in [6, 6.07) is 18.3. The van der Waals surface area contributed by atoms with E-state index < -0.39 is 0 Å². The number of imidazole rings is 1. The lowest BCUT2D eigenvalue weighted by Gasteiger charge is -2.20. The molecule has 1 aliphatic heterocycles. The second kappa shape index (κ2) is 8.31. The van der Waals surface area contributed by atoms with Crippen molar-refractivity contribution in [2.45, 2.75) is 51.0 Å². The number of nitrogens with one attached hydrogen (secondary N) is 1. The van der Waals surface area contributed by atoms with Crippen molar-refractivity contribution in [3.8, 4) is 11.4 Å². The number of benzene rings is 3.